The lowest BCUT2D eigenvalue weighted by Gasteiger charge is -2.09. The van der Waals surface area contributed by atoms with Crippen LogP contribution in [0.15, 0.2) is 10.7 Å². The van der Waals surface area contributed by atoms with E-state index in [-0.39, 0.29) is 11.4 Å². The third-order valence-corrected chi connectivity index (χ3v) is 2.67. The van der Waals surface area contributed by atoms with Crippen molar-refractivity contribution in [1.82, 2.24) is 4.98 Å². The van der Waals surface area contributed by atoms with Crippen LogP contribution in [0.5, 0.6) is 0 Å². The molecule has 3 nitrogen and oxygen atoms in total. The highest BCUT2D eigenvalue weighted by Crippen LogP contribution is 2.29. The Morgan fingerprint density at radius 1 is 1.67 bits per heavy atom. The van der Waals surface area contributed by atoms with Crippen LogP contribution in [0.25, 0.3) is 0 Å². The second-order valence-electron chi connectivity index (χ2n) is 2.58. The molecule has 0 aliphatic rings. The number of rotatable bonds is 3. The van der Waals surface area contributed by atoms with Gasteiger partial charge in [0.15, 0.2) is 0 Å². The van der Waals surface area contributed by atoms with E-state index >= 15 is 0 Å². The summed E-state index contributed by atoms with van der Waals surface area (Å²) in [7, 11) is 0. The van der Waals surface area contributed by atoms with Gasteiger partial charge < -0.3 is 5.11 Å². The molecule has 0 aromatic carbocycles. The second kappa shape index (κ2) is 4.85. The maximum absolute atomic E-state index is 12.5. The smallest absolute Gasteiger partial charge is 0.338 e. The molecule has 1 aromatic heterocycles. The summed E-state index contributed by atoms with van der Waals surface area (Å²) in [6.45, 7) is 0. The minimum absolute atomic E-state index is 0.106. The third kappa shape index (κ3) is 2.43. The molecule has 0 spiro atoms. The molecule has 0 radical (unpaired) electrons. The number of hydrogen-bond donors (Lipinski definition) is 1. The standard InChI is InChI=1S/C8H5BrClF2NO2/c9-4-2-13-6(7(11)12)5(8(14)15)3(4)1-10/h2,7H,1H2,(H,14,15). The topological polar surface area (TPSA) is 50.2 Å². The summed E-state index contributed by atoms with van der Waals surface area (Å²) in [4.78, 5) is 14.2. The molecule has 0 unspecified atom stereocenters. The number of carbonyl (C=O) groups is 1. The molecule has 82 valence electrons. The summed E-state index contributed by atoms with van der Waals surface area (Å²) in [5.41, 5.74) is -1.19. The number of hydrogen-bond acceptors (Lipinski definition) is 2. The molecule has 0 atom stereocenters. The van der Waals surface area contributed by atoms with E-state index in [0.717, 1.165) is 6.20 Å². The Labute approximate surface area is 97.2 Å². The Bertz CT molecular complexity index is 400. The minimum Gasteiger partial charge on any atom is -0.478 e. The molecule has 15 heavy (non-hydrogen) atoms. The number of pyridine rings is 1. The van der Waals surface area contributed by atoms with Gasteiger partial charge in [0.25, 0.3) is 6.43 Å². The van der Waals surface area contributed by atoms with E-state index < -0.39 is 23.7 Å². The number of aromatic nitrogens is 1. The van der Waals surface area contributed by atoms with Crippen LogP contribution in [0, 0.1) is 0 Å². The number of carboxylic acids is 1. The van der Waals surface area contributed by atoms with Gasteiger partial charge in [-0.15, -0.1) is 11.6 Å². The quantitative estimate of drug-likeness (QED) is 0.872. The summed E-state index contributed by atoms with van der Waals surface area (Å²) >= 11 is 8.50. The molecule has 0 saturated carbocycles. The molecule has 0 aliphatic heterocycles. The fourth-order valence-electron chi connectivity index (χ4n) is 1.08. The zero-order valence-electron chi connectivity index (χ0n) is 7.18. The Hall–Kier alpha value is -0.750. The lowest BCUT2D eigenvalue weighted by atomic mass is 10.1. The average Bonchev–Trinajstić information content (AvgIpc) is 2.16. The second-order valence-corrected chi connectivity index (χ2v) is 3.71. The predicted molar refractivity (Wildman–Crippen MR) is 53.4 cm³/mol. The summed E-state index contributed by atoms with van der Waals surface area (Å²) in [5, 5.41) is 8.80. The van der Waals surface area contributed by atoms with Crippen molar-refractivity contribution in [3.05, 3.63) is 27.5 Å². The molecule has 0 bridgehead atoms. The van der Waals surface area contributed by atoms with Crippen LogP contribution in [0.1, 0.15) is 28.0 Å². The molecule has 1 N–H and O–H groups in total. The fourth-order valence-corrected chi connectivity index (χ4v) is 1.96. The monoisotopic (exact) mass is 299 g/mol. The normalized spacial score (nSPS) is 10.7. The number of alkyl halides is 3. The molecule has 1 heterocycles. The van der Waals surface area contributed by atoms with E-state index in [4.69, 9.17) is 16.7 Å². The van der Waals surface area contributed by atoms with Gasteiger partial charge in [-0.3, -0.25) is 4.98 Å². The van der Waals surface area contributed by atoms with E-state index in [1.54, 1.807) is 0 Å². The summed E-state index contributed by atoms with van der Waals surface area (Å²) < 4.78 is 25.2. The maximum Gasteiger partial charge on any atom is 0.338 e. The zero-order chi connectivity index (χ0) is 11.6. The molecular weight excluding hydrogens is 295 g/mol. The molecule has 7 heteroatoms. The lowest BCUT2D eigenvalue weighted by Crippen LogP contribution is -2.09. The first-order valence-corrected chi connectivity index (χ1v) is 5.06. The summed E-state index contributed by atoms with van der Waals surface area (Å²) in [6, 6.07) is 0. The number of nitrogens with zero attached hydrogens (tertiary/aromatic N) is 1. The largest absolute Gasteiger partial charge is 0.478 e. The fraction of sp³-hybridized carbons (Fsp3) is 0.250. The van der Waals surface area contributed by atoms with Crippen LogP contribution in [0.4, 0.5) is 8.78 Å². The van der Waals surface area contributed by atoms with Gasteiger partial charge in [0.05, 0.1) is 5.56 Å². The average molecular weight is 300 g/mol. The van der Waals surface area contributed by atoms with E-state index in [0.29, 0.717) is 4.47 Å². The molecule has 0 saturated heterocycles. The highest BCUT2D eigenvalue weighted by Gasteiger charge is 2.24. The first kappa shape index (κ1) is 12.3. The van der Waals surface area contributed by atoms with Crippen molar-refractivity contribution in [2.45, 2.75) is 12.3 Å². The molecule has 1 rings (SSSR count). The number of aromatic carboxylic acids is 1. The van der Waals surface area contributed by atoms with Crippen LogP contribution < -0.4 is 0 Å². The van der Waals surface area contributed by atoms with Gasteiger partial charge >= 0.3 is 5.97 Å². The summed E-state index contributed by atoms with van der Waals surface area (Å²) in [6.07, 6.45) is -1.82. The highest BCUT2D eigenvalue weighted by molar-refractivity contribution is 9.10. The van der Waals surface area contributed by atoms with Crippen molar-refractivity contribution in [1.29, 1.82) is 0 Å². The highest BCUT2D eigenvalue weighted by atomic mass is 79.9. The van der Waals surface area contributed by atoms with Gasteiger partial charge in [0, 0.05) is 16.5 Å². The first-order valence-electron chi connectivity index (χ1n) is 3.73. The number of carboxylic acid groups (broad SMARTS) is 1. The van der Waals surface area contributed by atoms with Crippen molar-refractivity contribution in [2.75, 3.05) is 0 Å². The SMILES string of the molecule is O=C(O)c1c(C(F)F)ncc(Br)c1CCl. The number of halogens is 4. The molecular formula is C8H5BrClF2NO2. The zero-order valence-corrected chi connectivity index (χ0v) is 9.52. The van der Waals surface area contributed by atoms with Crippen molar-refractivity contribution < 1.29 is 18.7 Å². The Morgan fingerprint density at radius 3 is 2.67 bits per heavy atom. The minimum atomic E-state index is -2.94. The molecule has 0 fully saturated rings. The molecule has 1 aromatic rings. The van der Waals surface area contributed by atoms with Crippen molar-refractivity contribution in [2.24, 2.45) is 0 Å². The van der Waals surface area contributed by atoms with E-state index in [2.05, 4.69) is 20.9 Å². The van der Waals surface area contributed by atoms with Gasteiger partial charge in [-0.25, -0.2) is 13.6 Å². The van der Waals surface area contributed by atoms with E-state index in [9.17, 15) is 13.6 Å². The summed E-state index contributed by atoms with van der Waals surface area (Å²) in [5.74, 6) is -1.64. The Balaban J connectivity index is 3.49. The molecule has 0 aliphatic carbocycles. The van der Waals surface area contributed by atoms with Gasteiger partial charge in [-0.1, -0.05) is 0 Å². The Kier molecular flexibility index (Phi) is 3.98. The molecule has 0 amide bonds. The maximum atomic E-state index is 12.5. The van der Waals surface area contributed by atoms with Crippen molar-refractivity contribution in [3.63, 3.8) is 0 Å². The van der Waals surface area contributed by atoms with Crippen LogP contribution in [0.2, 0.25) is 0 Å². The van der Waals surface area contributed by atoms with Crippen molar-refractivity contribution >= 4 is 33.5 Å². The van der Waals surface area contributed by atoms with Crippen LogP contribution >= 0.6 is 27.5 Å². The van der Waals surface area contributed by atoms with Gasteiger partial charge in [0.2, 0.25) is 0 Å². The van der Waals surface area contributed by atoms with Gasteiger partial charge in [-0.05, 0) is 21.5 Å². The Morgan fingerprint density at radius 2 is 2.27 bits per heavy atom. The predicted octanol–water partition coefficient (Wildman–Crippen LogP) is 3.22. The van der Waals surface area contributed by atoms with Crippen molar-refractivity contribution in [3.8, 4) is 0 Å². The van der Waals surface area contributed by atoms with E-state index in [1.165, 1.54) is 0 Å². The van der Waals surface area contributed by atoms with E-state index in [1.807, 2.05) is 0 Å². The first-order chi connectivity index (χ1) is 6.99. The van der Waals surface area contributed by atoms with Gasteiger partial charge in [-0.2, -0.15) is 0 Å². The van der Waals surface area contributed by atoms with Crippen LogP contribution in [-0.4, -0.2) is 16.1 Å². The van der Waals surface area contributed by atoms with Crippen LogP contribution in [-0.2, 0) is 5.88 Å². The third-order valence-electron chi connectivity index (χ3n) is 1.72. The lowest BCUT2D eigenvalue weighted by molar-refractivity contribution is 0.0681. The van der Waals surface area contributed by atoms with Crippen LogP contribution in [0.3, 0.4) is 0 Å². The van der Waals surface area contributed by atoms with Gasteiger partial charge in [0.1, 0.15) is 5.69 Å².